The van der Waals surface area contributed by atoms with Gasteiger partial charge in [0.1, 0.15) is 17.2 Å². The fourth-order valence-electron chi connectivity index (χ4n) is 4.23. The van der Waals surface area contributed by atoms with Crippen LogP contribution in [0.3, 0.4) is 0 Å². The van der Waals surface area contributed by atoms with Crippen LogP contribution in [0.25, 0.3) is 0 Å². The van der Waals surface area contributed by atoms with Gasteiger partial charge in [-0.15, -0.1) is 0 Å². The van der Waals surface area contributed by atoms with Crippen LogP contribution in [0, 0.1) is 6.92 Å². The maximum Gasteiger partial charge on any atom is 0.268 e. The van der Waals surface area contributed by atoms with Crippen molar-refractivity contribution in [1.29, 1.82) is 0 Å². The Hall–Kier alpha value is -3.36. The molecule has 1 aliphatic rings. The number of carbonyl (C=O) groups excluding carboxylic acids is 1. The molecular formula is C27H31N3O4S. The third-order valence-corrected chi connectivity index (χ3v) is 7.98. The van der Waals surface area contributed by atoms with Crippen LogP contribution in [-0.4, -0.2) is 64.0 Å². The molecule has 35 heavy (non-hydrogen) atoms. The number of ether oxygens (including phenoxy) is 1. The Morgan fingerprint density at radius 3 is 2.17 bits per heavy atom. The summed E-state index contributed by atoms with van der Waals surface area (Å²) < 4.78 is 34.1. The quantitative estimate of drug-likeness (QED) is 0.480. The van der Waals surface area contributed by atoms with Crippen LogP contribution in [0.15, 0.2) is 83.8 Å². The van der Waals surface area contributed by atoms with E-state index in [-0.39, 0.29) is 23.1 Å². The van der Waals surface area contributed by atoms with Crippen molar-refractivity contribution in [2.24, 2.45) is 0 Å². The number of sulfonamides is 1. The molecule has 0 spiro atoms. The minimum Gasteiger partial charge on any atom is -0.495 e. The summed E-state index contributed by atoms with van der Waals surface area (Å²) in [7, 11) is -2.61. The van der Waals surface area contributed by atoms with Crippen LogP contribution < -0.4 is 9.04 Å². The highest BCUT2D eigenvalue weighted by Crippen LogP contribution is 2.31. The Kier molecular flexibility index (Phi) is 7.73. The summed E-state index contributed by atoms with van der Waals surface area (Å²) in [5, 5.41) is 0. The molecule has 1 saturated heterocycles. The first-order chi connectivity index (χ1) is 16.9. The van der Waals surface area contributed by atoms with Gasteiger partial charge in [-0.05, 0) is 42.3 Å². The summed E-state index contributed by atoms with van der Waals surface area (Å²) in [6.07, 6.45) is 0. The molecular weight excluding hydrogens is 462 g/mol. The molecule has 3 aromatic carbocycles. The van der Waals surface area contributed by atoms with Gasteiger partial charge in [-0.2, -0.15) is 0 Å². The summed E-state index contributed by atoms with van der Waals surface area (Å²) in [5.41, 5.74) is 2.46. The summed E-state index contributed by atoms with van der Waals surface area (Å²) >= 11 is 0. The van der Waals surface area contributed by atoms with E-state index in [0.717, 1.165) is 25.2 Å². The fraction of sp³-hybridized carbons (Fsp3) is 0.296. The number of rotatable bonds is 8. The largest absolute Gasteiger partial charge is 0.495 e. The molecule has 0 N–H and O–H groups in total. The zero-order valence-corrected chi connectivity index (χ0v) is 20.9. The molecule has 1 aliphatic heterocycles. The fourth-order valence-corrected chi connectivity index (χ4v) is 5.89. The van der Waals surface area contributed by atoms with Crippen molar-refractivity contribution in [2.45, 2.75) is 18.4 Å². The molecule has 0 atom stereocenters. The number of nitrogens with zero attached hydrogens (tertiary/aromatic N) is 3. The topological polar surface area (TPSA) is 70.2 Å². The SMILES string of the molecule is COc1ccc(C)cc1S(=O)(=O)N(CC(=O)N1CCN(Cc2ccccc2)CC1)c1ccccc1. The second kappa shape index (κ2) is 10.9. The summed E-state index contributed by atoms with van der Waals surface area (Å²) in [4.78, 5) is 17.4. The van der Waals surface area contributed by atoms with Crippen LogP contribution in [0.1, 0.15) is 11.1 Å². The average molecular weight is 494 g/mol. The van der Waals surface area contributed by atoms with E-state index in [1.807, 2.05) is 31.2 Å². The van der Waals surface area contributed by atoms with Crippen LogP contribution in [0.2, 0.25) is 0 Å². The van der Waals surface area contributed by atoms with Crippen molar-refractivity contribution in [3.05, 3.63) is 90.0 Å². The number of carbonyl (C=O) groups is 1. The first-order valence-electron chi connectivity index (χ1n) is 11.6. The molecule has 184 valence electrons. The van der Waals surface area contributed by atoms with E-state index in [9.17, 15) is 13.2 Å². The molecule has 1 heterocycles. The first-order valence-corrected chi connectivity index (χ1v) is 13.1. The Morgan fingerprint density at radius 1 is 0.914 bits per heavy atom. The molecule has 0 bridgehead atoms. The molecule has 1 fully saturated rings. The van der Waals surface area contributed by atoms with Gasteiger partial charge in [-0.25, -0.2) is 8.42 Å². The summed E-state index contributed by atoms with van der Waals surface area (Å²) in [6, 6.07) is 24.0. The Labute approximate surface area is 207 Å². The molecule has 0 aliphatic carbocycles. The van der Waals surface area contributed by atoms with Crippen molar-refractivity contribution in [3.8, 4) is 5.75 Å². The lowest BCUT2D eigenvalue weighted by atomic mass is 10.2. The molecule has 3 aromatic rings. The lowest BCUT2D eigenvalue weighted by Gasteiger charge is -2.36. The van der Waals surface area contributed by atoms with Gasteiger partial charge in [-0.1, -0.05) is 54.6 Å². The average Bonchev–Trinajstić information content (AvgIpc) is 2.88. The number of hydrogen-bond acceptors (Lipinski definition) is 5. The van der Waals surface area contributed by atoms with Crippen LogP contribution >= 0.6 is 0 Å². The van der Waals surface area contributed by atoms with Gasteiger partial charge < -0.3 is 9.64 Å². The molecule has 8 heteroatoms. The van der Waals surface area contributed by atoms with Crippen molar-refractivity contribution in [3.63, 3.8) is 0 Å². The van der Waals surface area contributed by atoms with Gasteiger partial charge in [0.05, 0.1) is 12.8 Å². The lowest BCUT2D eigenvalue weighted by Crippen LogP contribution is -2.51. The van der Waals surface area contributed by atoms with Gasteiger partial charge in [0.25, 0.3) is 10.0 Å². The molecule has 1 amide bonds. The van der Waals surface area contributed by atoms with Crippen molar-refractivity contribution in [2.75, 3.05) is 44.1 Å². The standard InChI is InChI=1S/C27H31N3O4S/c1-22-13-14-25(34-2)26(19-22)35(32,33)30(24-11-7-4-8-12-24)21-27(31)29-17-15-28(16-18-29)20-23-9-5-3-6-10-23/h3-14,19H,15-18,20-21H2,1-2H3. The molecule has 7 nitrogen and oxygen atoms in total. The van der Waals surface area contributed by atoms with Crippen molar-refractivity contribution < 1.29 is 17.9 Å². The first kappa shape index (κ1) is 24.8. The second-order valence-electron chi connectivity index (χ2n) is 8.64. The zero-order valence-electron chi connectivity index (χ0n) is 20.1. The Bertz CT molecular complexity index is 1240. The normalized spacial score (nSPS) is 14.5. The number of benzene rings is 3. The highest BCUT2D eigenvalue weighted by molar-refractivity contribution is 7.93. The van der Waals surface area contributed by atoms with E-state index >= 15 is 0 Å². The Balaban J connectivity index is 1.52. The third kappa shape index (κ3) is 5.83. The molecule has 4 rings (SSSR count). The zero-order chi connectivity index (χ0) is 24.8. The summed E-state index contributed by atoms with van der Waals surface area (Å²) in [5.74, 6) is 0.0296. The third-order valence-electron chi connectivity index (χ3n) is 6.18. The highest BCUT2D eigenvalue weighted by Gasteiger charge is 2.32. The molecule has 0 unspecified atom stereocenters. The minimum atomic E-state index is -4.05. The smallest absolute Gasteiger partial charge is 0.268 e. The van der Waals surface area contributed by atoms with Crippen molar-refractivity contribution in [1.82, 2.24) is 9.80 Å². The van der Waals surface area contributed by atoms with Gasteiger partial charge >= 0.3 is 0 Å². The number of anilines is 1. The number of amides is 1. The summed E-state index contributed by atoms with van der Waals surface area (Å²) in [6.45, 7) is 4.98. The number of hydrogen-bond donors (Lipinski definition) is 0. The monoisotopic (exact) mass is 493 g/mol. The molecule has 0 saturated carbocycles. The van der Waals surface area contributed by atoms with Gasteiger partial charge in [-0.3, -0.25) is 14.0 Å². The van der Waals surface area contributed by atoms with Crippen LogP contribution in [0.4, 0.5) is 5.69 Å². The van der Waals surface area contributed by atoms with E-state index in [1.165, 1.54) is 17.0 Å². The second-order valence-corrected chi connectivity index (χ2v) is 10.5. The van der Waals surface area contributed by atoms with E-state index in [2.05, 4.69) is 17.0 Å². The lowest BCUT2D eigenvalue weighted by molar-refractivity contribution is -0.131. The number of para-hydroxylation sites is 1. The van der Waals surface area contributed by atoms with E-state index in [0.29, 0.717) is 18.8 Å². The predicted octanol–water partition coefficient (Wildman–Crippen LogP) is 3.54. The number of methoxy groups -OCH3 is 1. The van der Waals surface area contributed by atoms with Gasteiger partial charge in [0.2, 0.25) is 5.91 Å². The van der Waals surface area contributed by atoms with Gasteiger partial charge in [0, 0.05) is 32.7 Å². The molecule has 0 aromatic heterocycles. The van der Waals surface area contributed by atoms with Crippen molar-refractivity contribution >= 4 is 21.6 Å². The van der Waals surface area contributed by atoms with E-state index < -0.39 is 10.0 Å². The van der Waals surface area contributed by atoms with Crippen LogP contribution in [0.5, 0.6) is 5.75 Å². The van der Waals surface area contributed by atoms with Crippen LogP contribution in [-0.2, 0) is 21.4 Å². The van der Waals surface area contributed by atoms with E-state index in [1.54, 1.807) is 47.4 Å². The molecule has 0 radical (unpaired) electrons. The maximum atomic E-state index is 13.8. The maximum absolute atomic E-state index is 13.8. The van der Waals surface area contributed by atoms with Gasteiger partial charge in [0.15, 0.2) is 0 Å². The number of aryl methyl sites for hydroxylation is 1. The minimum absolute atomic E-state index is 0.0457. The Morgan fingerprint density at radius 2 is 1.54 bits per heavy atom. The predicted molar refractivity (Wildman–Crippen MR) is 137 cm³/mol. The highest BCUT2D eigenvalue weighted by atomic mass is 32.2. The van der Waals surface area contributed by atoms with E-state index in [4.69, 9.17) is 4.74 Å². The number of piperazine rings is 1.